The summed E-state index contributed by atoms with van der Waals surface area (Å²) in [7, 11) is 0. The van der Waals surface area contributed by atoms with Gasteiger partial charge in [0, 0.05) is 5.70 Å². The quantitative estimate of drug-likeness (QED) is 0.608. The zero-order valence-electron chi connectivity index (χ0n) is 11.4. The Bertz CT molecular complexity index is 456. The van der Waals surface area contributed by atoms with E-state index in [1.54, 1.807) is 0 Å². The molecule has 0 aromatic heterocycles. The number of hydrogen-bond acceptors (Lipinski definition) is 3. The molecule has 0 unspecified atom stereocenters. The summed E-state index contributed by atoms with van der Waals surface area (Å²) in [4.78, 5) is 23.8. The number of carbonyl (C=O) groups excluding carboxylic acids is 2. The lowest BCUT2D eigenvalue weighted by Crippen LogP contribution is -2.58. The molecule has 3 atom stereocenters. The standard InChI is InChI=1S/C15H20N2O3/c1-3-9-20-14(18)12-10(2)16-15(19)17-13(12)11-7-5-4-6-8-11/h3-5,11-13H,1-2,6-9H2,(H2,16,17,19)/t11-,12+,13-/m1/s1. The third-order valence-electron chi connectivity index (χ3n) is 3.72. The summed E-state index contributed by atoms with van der Waals surface area (Å²) in [5.74, 6) is -0.699. The van der Waals surface area contributed by atoms with Gasteiger partial charge in [0.1, 0.15) is 12.5 Å². The molecule has 0 radical (unpaired) electrons. The smallest absolute Gasteiger partial charge is 0.319 e. The molecule has 1 aliphatic carbocycles. The second-order valence-corrected chi connectivity index (χ2v) is 5.09. The molecule has 5 heteroatoms. The molecule has 1 heterocycles. The van der Waals surface area contributed by atoms with E-state index < -0.39 is 5.92 Å². The SMILES string of the molecule is C=CCOC(=O)[C@H]1C(=C)NC(=O)N[C@@H]1[C@@H]1CC=CCC1. The van der Waals surface area contributed by atoms with Gasteiger partial charge in [0.25, 0.3) is 0 Å². The third-order valence-corrected chi connectivity index (χ3v) is 3.72. The highest BCUT2D eigenvalue weighted by molar-refractivity contribution is 5.85. The summed E-state index contributed by atoms with van der Waals surface area (Å²) in [5, 5.41) is 5.42. The largest absolute Gasteiger partial charge is 0.461 e. The molecule has 0 saturated carbocycles. The Hall–Kier alpha value is -2.04. The summed E-state index contributed by atoms with van der Waals surface area (Å²) in [5.41, 5.74) is 0.405. The molecule has 108 valence electrons. The lowest BCUT2D eigenvalue weighted by atomic mass is 9.79. The fourth-order valence-electron chi connectivity index (χ4n) is 2.76. The Kier molecular flexibility index (Phi) is 4.61. The van der Waals surface area contributed by atoms with Crippen molar-refractivity contribution in [3.63, 3.8) is 0 Å². The number of nitrogens with one attached hydrogen (secondary N) is 2. The van der Waals surface area contributed by atoms with E-state index in [1.165, 1.54) is 6.08 Å². The topological polar surface area (TPSA) is 67.4 Å². The van der Waals surface area contributed by atoms with Crippen molar-refractivity contribution in [3.05, 3.63) is 37.1 Å². The maximum Gasteiger partial charge on any atom is 0.319 e. The van der Waals surface area contributed by atoms with Gasteiger partial charge in [0.2, 0.25) is 0 Å². The van der Waals surface area contributed by atoms with Gasteiger partial charge in [-0.2, -0.15) is 0 Å². The van der Waals surface area contributed by atoms with Gasteiger partial charge >= 0.3 is 12.0 Å². The molecule has 1 aliphatic heterocycles. The van der Waals surface area contributed by atoms with Gasteiger partial charge in [-0.3, -0.25) is 4.79 Å². The minimum atomic E-state index is -0.552. The maximum atomic E-state index is 12.2. The molecule has 0 bridgehead atoms. The van der Waals surface area contributed by atoms with Crippen LogP contribution in [0.3, 0.4) is 0 Å². The molecule has 2 N–H and O–H groups in total. The summed E-state index contributed by atoms with van der Waals surface area (Å²) in [6, 6.07) is -0.569. The van der Waals surface area contributed by atoms with E-state index in [4.69, 9.17) is 4.74 Å². The first-order chi connectivity index (χ1) is 9.63. The summed E-state index contributed by atoms with van der Waals surface area (Å²) in [6.07, 6.45) is 8.50. The Labute approximate surface area is 118 Å². The summed E-state index contributed by atoms with van der Waals surface area (Å²) >= 11 is 0. The highest BCUT2D eigenvalue weighted by Crippen LogP contribution is 2.30. The lowest BCUT2D eigenvalue weighted by Gasteiger charge is -2.38. The van der Waals surface area contributed by atoms with Crippen LogP contribution in [0.25, 0.3) is 0 Å². The Morgan fingerprint density at radius 3 is 2.95 bits per heavy atom. The summed E-state index contributed by atoms with van der Waals surface area (Å²) < 4.78 is 5.13. The molecule has 0 spiro atoms. The van der Waals surface area contributed by atoms with E-state index in [0.29, 0.717) is 5.70 Å². The van der Waals surface area contributed by atoms with Crippen LogP contribution in [0.1, 0.15) is 19.3 Å². The van der Waals surface area contributed by atoms with Gasteiger partial charge in [0.15, 0.2) is 0 Å². The van der Waals surface area contributed by atoms with Crippen LogP contribution >= 0.6 is 0 Å². The normalized spacial score (nSPS) is 29.3. The number of urea groups is 1. The number of hydrogen-bond donors (Lipinski definition) is 2. The van der Waals surface area contributed by atoms with Gasteiger partial charge in [-0.15, -0.1) is 0 Å². The molecule has 0 aromatic carbocycles. The van der Waals surface area contributed by atoms with Crippen LogP contribution in [0.5, 0.6) is 0 Å². The monoisotopic (exact) mass is 276 g/mol. The van der Waals surface area contributed by atoms with Crippen molar-refractivity contribution >= 4 is 12.0 Å². The van der Waals surface area contributed by atoms with Gasteiger partial charge in [-0.25, -0.2) is 4.79 Å². The van der Waals surface area contributed by atoms with Crippen LogP contribution in [0.4, 0.5) is 4.79 Å². The average Bonchev–Trinajstić information content (AvgIpc) is 2.45. The molecule has 1 fully saturated rings. The zero-order chi connectivity index (χ0) is 14.5. The Balaban J connectivity index is 2.16. The first kappa shape index (κ1) is 14.4. The van der Waals surface area contributed by atoms with Gasteiger partial charge < -0.3 is 15.4 Å². The van der Waals surface area contributed by atoms with E-state index in [0.717, 1.165) is 19.3 Å². The van der Waals surface area contributed by atoms with Crippen molar-refractivity contribution in [1.29, 1.82) is 0 Å². The maximum absolute atomic E-state index is 12.2. The van der Waals surface area contributed by atoms with E-state index in [1.807, 2.05) is 0 Å². The molecule has 5 nitrogen and oxygen atoms in total. The van der Waals surface area contributed by atoms with Crippen molar-refractivity contribution in [2.75, 3.05) is 6.61 Å². The fourth-order valence-corrected chi connectivity index (χ4v) is 2.76. The van der Waals surface area contributed by atoms with Crippen LogP contribution in [-0.4, -0.2) is 24.6 Å². The van der Waals surface area contributed by atoms with Gasteiger partial charge in [-0.1, -0.05) is 31.4 Å². The molecular formula is C15H20N2O3. The second kappa shape index (κ2) is 6.41. The number of esters is 1. The van der Waals surface area contributed by atoms with E-state index in [9.17, 15) is 9.59 Å². The Morgan fingerprint density at radius 1 is 1.50 bits per heavy atom. The lowest BCUT2D eigenvalue weighted by molar-refractivity contribution is -0.147. The van der Waals surface area contributed by atoms with Crippen molar-refractivity contribution in [2.24, 2.45) is 11.8 Å². The third kappa shape index (κ3) is 3.10. The van der Waals surface area contributed by atoms with Crippen LogP contribution in [0, 0.1) is 11.8 Å². The van der Waals surface area contributed by atoms with E-state index in [-0.39, 0.29) is 30.6 Å². The minimum absolute atomic E-state index is 0.161. The van der Waals surface area contributed by atoms with E-state index in [2.05, 4.69) is 35.9 Å². The molecule has 1 saturated heterocycles. The number of rotatable bonds is 4. The molecule has 2 aliphatic rings. The van der Waals surface area contributed by atoms with Crippen molar-refractivity contribution in [2.45, 2.75) is 25.3 Å². The van der Waals surface area contributed by atoms with Gasteiger partial charge in [0.05, 0.1) is 6.04 Å². The molecule has 2 rings (SSSR count). The van der Waals surface area contributed by atoms with Crippen molar-refractivity contribution in [1.82, 2.24) is 10.6 Å². The van der Waals surface area contributed by atoms with Crippen molar-refractivity contribution in [3.8, 4) is 0 Å². The zero-order valence-corrected chi connectivity index (χ0v) is 11.4. The highest BCUT2D eigenvalue weighted by Gasteiger charge is 2.41. The Morgan fingerprint density at radius 2 is 2.30 bits per heavy atom. The minimum Gasteiger partial charge on any atom is -0.461 e. The fraction of sp³-hybridized carbons (Fsp3) is 0.467. The molecule has 0 aromatic rings. The number of carbonyl (C=O) groups is 2. The second-order valence-electron chi connectivity index (χ2n) is 5.09. The van der Waals surface area contributed by atoms with Gasteiger partial charge in [-0.05, 0) is 25.2 Å². The molecular weight excluding hydrogens is 256 g/mol. The van der Waals surface area contributed by atoms with Crippen LogP contribution in [0.15, 0.2) is 37.1 Å². The van der Waals surface area contributed by atoms with Crippen LogP contribution < -0.4 is 10.6 Å². The van der Waals surface area contributed by atoms with E-state index >= 15 is 0 Å². The summed E-state index contributed by atoms with van der Waals surface area (Å²) in [6.45, 7) is 7.49. The predicted molar refractivity (Wildman–Crippen MR) is 75.7 cm³/mol. The predicted octanol–water partition coefficient (Wildman–Crippen LogP) is 1.88. The number of ether oxygens (including phenoxy) is 1. The highest BCUT2D eigenvalue weighted by atomic mass is 16.5. The number of allylic oxidation sites excluding steroid dienone is 2. The average molecular weight is 276 g/mol. The number of amides is 2. The van der Waals surface area contributed by atoms with Crippen molar-refractivity contribution < 1.29 is 14.3 Å². The molecule has 20 heavy (non-hydrogen) atoms. The van der Waals surface area contributed by atoms with Crippen LogP contribution in [-0.2, 0) is 9.53 Å². The van der Waals surface area contributed by atoms with Crippen LogP contribution in [0.2, 0.25) is 0 Å². The molecule has 2 amide bonds. The first-order valence-electron chi connectivity index (χ1n) is 6.82. The first-order valence-corrected chi connectivity index (χ1v) is 6.82.